The van der Waals surface area contributed by atoms with E-state index in [0.29, 0.717) is 0 Å². The van der Waals surface area contributed by atoms with Crippen LogP contribution in [0, 0.1) is 11.8 Å². The second-order valence-electron chi connectivity index (χ2n) is 2.90. The smallest absolute Gasteiger partial charge is 0.243 e. The van der Waals surface area contributed by atoms with Gasteiger partial charge in [-0.15, -0.1) is 0 Å². The van der Waals surface area contributed by atoms with E-state index in [-0.39, 0.29) is 18.6 Å². The highest BCUT2D eigenvalue weighted by Crippen LogP contribution is 2.30. The van der Waals surface area contributed by atoms with Gasteiger partial charge in [0.05, 0.1) is 12.7 Å². The topological polar surface area (TPSA) is 9.23 Å². The van der Waals surface area contributed by atoms with Crippen molar-refractivity contribution in [1.29, 1.82) is 0 Å². The Kier molecular flexibility index (Phi) is 2.24. The predicted octanol–water partition coefficient (Wildman–Crippen LogP) is 1.92. The average molecular weight is 150 g/mol. The monoisotopic (exact) mass is 150 g/mol. The molecular weight excluding hydrogens is 138 g/mol. The lowest BCUT2D eigenvalue weighted by Crippen LogP contribution is -2.20. The van der Waals surface area contributed by atoms with Crippen molar-refractivity contribution in [2.45, 2.75) is 26.4 Å². The van der Waals surface area contributed by atoms with E-state index in [1.807, 2.05) is 13.8 Å². The number of hydrogen-bond acceptors (Lipinski definition) is 1. The van der Waals surface area contributed by atoms with E-state index >= 15 is 0 Å². The zero-order valence-corrected chi connectivity index (χ0v) is 6.18. The summed E-state index contributed by atoms with van der Waals surface area (Å²) in [6.07, 6.45) is -2.22. The largest absolute Gasteiger partial charge is 0.378 e. The summed E-state index contributed by atoms with van der Waals surface area (Å²) in [5.41, 5.74) is 0. The Morgan fingerprint density at radius 3 is 2.20 bits per heavy atom. The first-order valence-electron chi connectivity index (χ1n) is 3.52. The van der Waals surface area contributed by atoms with Gasteiger partial charge in [-0.2, -0.15) is 0 Å². The van der Waals surface area contributed by atoms with Gasteiger partial charge in [0, 0.05) is 5.92 Å². The molecule has 0 spiro atoms. The molecule has 0 amide bonds. The SMILES string of the molecule is CC1OCC(C(F)F)C1C. The van der Waals surface area contributed by atoms with Crippen LogP contribution in [-0.2, 0) is 4.74 Å². The van der Waals surface area contributed by atoms with E-state index in [4.69, 9.17) is 4.74 Å². The third-order valence-corrected chi connectivity index (χ3v) is 2.29. The van der Waals surface area contributed by atoms with Crippen LogP contribution in [-0.4, -0.2) is 19.1 Å². The van der Waals surface area contributed by atoms with Gasteiger partial charge in [-0.1, -0.05) is 6.92 Å². The molecule has 0 aromatic rings. The minimum atomic E-state index is -2.22. The minimum Gasteiger partial charge on any atom is -0.378 e. The maximum Gasteiger partial charge on any atom is 0.243 e. The normalized spacial score (nSPS) is 41.1. The first-order chi connectivity index (χ1) is 4.63. The highest BCUT2D eigenvalue weighted by molar-refractivity contribution is 4.79. The maximum atomic E-state index is 12.1. The molecule has 0 aromatic heterocycles. The zero-order valence-electron chi connectivity index (χ0n) is 6.18. The second-order valence-corrected chi connectivity index (χ2v) is 2.90. The van der Waals surface area contributed by atoms with Gasteiger partial charge in [0.1, 0.15) is 0 Å². The third-order valence-electron chi connectivity index (χ3n) is 2.29. The molecule has 0 N–H and O–H groups in total. The van der Waals surface area contributed by atoms with Crippen molar-refractivity contribution in [3.05, 3.63) is 0 Å². The fourth-order valence-electron chi connectivity index (χ4n) is 1.22. The fourth-order valence-corrected chi connectivity index (χ4v) is 1.22. The lowest BCUT2D eigenvalue weighted by molar-refractivity contribution is 0.0551. The van der Waals surface area contributed by atoms with E-state index in [1.54, 1.807) is 0 Å². The van der Waals surface area contributed by atoms with Crippen LogP contribution >= 0.6 is 0 Å². The molecule has 1 nitrogen and oxygen atoms in total. The summed E-state index contributed by atoms with van der Waals surface area (Å²) in [6, 6.07) is 0. The first-order valence-corrected chi connectivity index (χ1v) is 3.52. The Hall–Kier alpha value is -0.180. The number of hydrogen-bond donors (Lipinski definition) is 0. The highest BCUT2D eigenvalue weighted by Gasteiger charge is 2.36. The van der Waals surface area contributed by atoms with Crippen LogP contribution in [0.5, 0.6) is 0 Å². The molecule has 1 rings (SSSR count). The van der Waals surface area contributed by atoms with E-state index in [9.17, 15) is 8.78 Å². The quantitative estimate of drug-likeness (QED) is 0.555. The summed E-state index contributed by atoms with van der Waals surface area (Å²) < 4.78 is 29.2. The fraction of sp³-hybridized carbons (Fsp3) is 1.00. The molecule has 1 aliphatic rings. The van der Waals surface area contributed by atoms with Gasteiger partial charge < -0.3 is 4.74 Å². The molecule has 0 aliphatic carbocycles. The summed E-state index contributed by atoms with van der Waals surface area (Å²) in [7, 11) is 0. The number of alkyl halides is 2. The molecule has 3 heteroatoms. The van der Waals surface area contributed by atoms with E-state index in [1.165, 1.54) is 0 Å². The lowest BCUT2D eigenvalue weighted by atomic mass is 9.94. The zero-order chi connectivity index (χ0) is 7.72. The van der Waals surface area contributed by atoms with E-state index < -0.39 is 12.3 Å². The van der Waals surface area contributed by atoms with Crippen LogP contribution in [0.2, 0.25) is 0 Å². The van der Waals surface area contributed by atoms with Gasteiger partial charge in [-0.25, -0.2) is 8.78 Å². The van der Waals surface area contributed by atoms with E-state index in [2.05, 4.69) is 0 Å². The van der Waals surface area contributed by atoms with Crippen LogP contribution < -0.4 is 0 Å². The molecule has 1 heterocycles. The van der Waals surface area contributed by atoms with Crippen molar-refractivity contribution >= 4 is 0 Å². The lowest BCUT2D eigenvalue weighted by Gasteiger charge is -2.13. The molecule has 1 fully saturated rings. The van der Waals surface area contributed by atoms with Crippen molar-refractivity contribution in [1.82, 2.24) is 0 Å². The molecule has 0 saturated carbocycles. The Balaban J connectivity index is 2.49. The average Bonchev–Trinajstić information content (AvgIpc) is 2.14. The van der Waals surface area contributed by atoms with Crippen molar-refractivity contribution in [3.63, 3.8) is 0 Å². The maximum absolute atomic E-state index is 12.1. The molecule has 0 radical (unpaired) electrons. The summed E-state index contributed by atoms with van der Waals surface area (Å²) in [5.74, 6) is -0.546. The summed E-state index contributed by atoms with van der Waals surface area (Å²) in [6.45, 7) is 3.88. The summed E-state index contributed by atoms with van der Waals surface area (Å²) >= 11 is 0. The Morgan fingerprint density at radius 2 is 2.00 bits per heavy atom. The molecule has 3 unspecified atom stereocenters. The molecule has 60 valence electrons. The van der Waals surface area contributed by atoms with Crippen LogP contribution in [0.15, 0.2) is 0 Å². The standard InChI is InChI=1S/C7H12F2O/c1-4-5(2)10-3-6(4)7(8)9/h4-7H,3H2,1-2H3. The van der Waals surface area contributed by atoms with Gasteiger partial charge >= 0.3 is 0 Å². The molecule has 1 aliphatic heterocycles. The molecule has 10 heavy (non-hydrogen) atoms. The molecule has 0 bridgehead atoms. The molecule has 3 atom stereocenters. The minimum absolute atomic E-state index is 0.000000000000000222. The predicted molar refractivity (Wildman–Crippen MR) is 34.1 cm³/mol. The molecular formula is C7H12F2O. The summed E-state index contributed by atoms with van der Waals surface area (Å²) in [5, 5.41) is 0. The van der Waals surface area contributed by atoms with Crippen LogP contribution in [0.4, 0.5) is 8.78 Å². The Bertz CT molecular complexity index is 116. The molecule has 0 aromatic carbocycles. The number of rotatable bonds is 1. The van der Waals surface area contributed by atoms with Gasteiger partial charge in [-0.3, -0.25) is 0 Å². The van der Waals surface area contributed by atoms with Crippen LogP contribution in [0.1, 0.15) is 13.8 Å². The van der Waals surface area contributed by atoms with Gasteiger partial charge in [0.2, 0.25) is 6.43 Å². The Morgan fingerprint density at radius 1 is 1.40 bits per heavy atom. The summed E-state index contributed by atoms with van der Waals surface area (Å²) in [4.78, 5) is 0. The third kappa shape index (κ3) is 1.29. The number of ether oxygens (including phenoxy) is 1. The van der Waals surface area contributed by atoms with Gasteiger partial charge in [0.25, 0.3) is 0 Å². The highest BCUT2D eigenvalue weighted by atomic mass is 19.3. The van der Waals surface area contributed by atoms with Crippen LogP contribution in [0.3, 0.4) is 0 Å². The van der Waals surface area contributed by atoms with Crippen molar-refractivity contribution < 1.29 is 13.5 Å². The van der Waals surface area contributed by atoms with Gasteiger partial charge in [-0.05, 0) is 12.8 Å². The van der Waals surface area contributed by atoms with Gasteiger partial charge in [0.15, 0.2) is 0 Å². The van der Waals surface area contributed by atoms with E-state index in [0.717, 1.165) is 0 Å². The van der Waals surface area contributed by atoms with Crippen molar-refractivity contribution in [3.8, 4) is 0 Å². The van der Waals surface area contributed by atoms with Crippen LogP contribution in [0.25, 0.3) is 0 Å². The molecule has 1 saturated heterocycles. The van der Waals surface area contributed by atoms with Crippen molar-refractivity contribution in [2.75, 3.05) is 6.61 Å². The first kappa shape index (κ1) is 7.92. The van der Waals surface area contributed by atoms with Crippen molar-refractivity contribution in [2.24, 2.45) is 11.8 Å². The second kappa shape index (κ2) is 2.82. The Labute approximate surface area is 59.4 Å². The number of halogens is 2.